The van der Waals surface area contributed by atoms with Crippen LogP contribution in [0.4, 0.5) is 5.69 Å². The number of hydrogen-bond donors (Lipinski definition) is 2. The summed E-state index contributed by atoms with van der Waals surface area (Å²) in [6, 6.07) is 5.76. The Hall–Kier alpha value is -3.55. The molecular formula is C22H26N6O2. The summed E-state index contributed by atoms with van der Waals surface area (Å²) in [5, 5.41) is 11.3. The lowest BCUT2D eigenvalue weighted by Crippen LogP contribution is -2.39. The predicted molar refractivity (Wildman–Crippen MR) is 116 cm³/mol. The van der Waals surface area contributed by atoms with Crippen LogP contribution in [0.25, 0.3) is 11.1 Å². The van der Waals surface area contributed by atoms with Crippen LogP contribution in [-0.4, -0.2) is 53.2 Å². The molecule has 2 N–H and O–H groups in total. The van der Waals surface area contributed by atoms with Gasteiger partial charge in [0.05, 0.1) is 17.6 Å². The second kappa shape index (κ2) is 8.06. The number of aromatic nitrogens is 2. The standard InChI is InChI=1S/C22H26N6O2/c1-14-25-11-16(12-26-14)15-6-7-17-18(10-15)28(21(30)22(17,2)3)19(23)8-9-24-13-20(29)27(4)5/h6-12,23-24H,13H2,1-5H3/b9-8-,23-19?. The molecule has 2 aromatic rings. The number of carbonyl (C=O) groups excluding carboxylic acids is 2. The van der Waals surface area contributed by atoms with Crippen LogP contribution >= 0.6 is 0 Å². The molecule has 0 atom stereocenters. The number of amidine groups is 1. The Morgan fingerprint density at radius 3 is 2.53 bits per heavy atom. The number of aryl methyl sites for hydroxylation is 1. The maximum atomic E-state index is 13.1. The number of anilines is 1. The molecule has 0 bridgehead atoms. The molecule has 3 rings (SSSR count). The summed E-state index contributed by atoms with van der Waals surface area (Å²) in [5.41, 5.74) is 2.49. The summed E-state index contributed by atoms with van der Waals surface area (Å²) in [5.74, 6) is 0.452. The highest BCUT2D eigenvalue weighted by Crippen LogP contribution is 2.43. The van der Waals surface area contributed by atoms with E-state index in [2.05, 4.69) is 15.3 Å². The van der Waals surface area contributed by atoms with Crippen molar-refractivity contribution >= 4 is 23.3 Å². The first-order chi connectivity index (χ1) is 14.1. The summed E-state index contributed by atoms with van der Waals surface area (Å²) in [7, 11) is 3.35. The lowest BCUT2D eigenvalue weighted by molar-refractivity contribution is -0.127. The topological polar surface area (TPSA) is 102 Å². The summed E-state index contributed by atoms with van der Waals surface area (Å²) < 4.78 is 0. The fourth-order valence-corrected chi connectivity index (χ4v) is 3.23. The molecule has 0 aliphatic carbocycles. The minimum Gasteiger partial charge on any atom is -0.382 e. The van der Waals surface area contributed by atoms with Crippen LogP contribution < -0.4 is 10.2 Å². The van der Waals surface area contributed by atoms with Crippen molar-refractivity contribution in [3.05, 3.63) is 54.3 Å². The van der Waals surface area contributed by atoms with Crippen molar-refractivity contribution in [1.29, 1.82) is 5.41 Å². The third-order valence-electron chi connectivity index (χ3n) is 5.12. The van der Waals surface area contributed by atoms with Gasteiger partial charge in [0.1, 0.15) is 11.7 Å². The van der Waals surface area contributed by atoms with E-state index < -0.39 is 5.41 Å². The number of amides is 2. The second-order valence-corrected chi connectivity index (χ2v) is 7.90. The van der Waals surface area contributed by atoms with Gasteiger partial charge in [0.2, 0.25) is 11.8 Å². The number of fused-ring (bicyclic) bond motifs is 1. The van der Waals surface area contributed by atoms with Crippen molar-refractivity contribution in [1.82, 2.24) is 20.2 Å². The number of carbonyl (C=O) groups is 2. The van der Waals surface area contributed by atoms with Gasteiger partial charge in [0.25, 0.3) is 0 Å². The number of rotatable bonds is 5. The number of nitrogens with one attached hydrogen (secondary N) is 2. The highest BCUT2D eigenvalue weighted by molar-refractivity contribution is 6.26. The molecule has 1 aliphatic heterocycles. The minimum atomic E-state index is -0.744. The van der Waals surface area contributed by atoms with Crippen LogP contribution in [-0.2, 0) is 15.0 Å². The van der Waals surface area contributed by atoms with Crippen molar-refractivity contribution in [3.8, 4) is 11.1 Å². The Morgan fingerprint density at radius 2 is 1.90 bits per heavy atom. The van der Waals surface area contributed by atoms with Gasteiger partial charge in [-0.2, -0.15) is 0 Å². The van der Waals surface area contributed by atoms with Crippen LogP contribution in [0.15, 0.2) is 42.9 Å². The quantitative estimate of drug-likeness (QED) is 0.586. The van der Waals surface area contributed by atoms with Gasteiger partial charge in [-0.15, -0.1) is 0 Å². The summed E-state index contributed by atoms with van der Waals surface area (Å²) in [4.78, 5) is 36.1. The number of likely N-dealkylation sites (N-methyl/N-ethyl adjacent to an activating group) is 1. The van der Waals surface area contributed by atoms with E-state index in [4.69, 9.17) is 5.41 Å². The van der Waals surface area contributed by atoms with E-state index in [9.17, 15) is 9.59 Å². The smallest absolute Gasteiger partial charge is 0.242 e. The second-order valence-electron chi connectivity index (χ2n) is 7.90. The lowest BCUT2D eigenvalue weighted by atomic mass is 9.85. The van der Waals surface area contributed by atoms with Crippen LogP contribution in [0, 0.1) is 12.3 Å². The fourth-order valence-electron chi connectivity index (χ4n) is 3.23. The number of nitrogens with zero attached hydrogens (tertiary/aromatic N) is 4. The molecule has 0 spiro atoms. The third-order valence-corrected chi connectivity index (χ3v) is 5.12. The van der Waals surface area contributed by atoms with Crippen molar-refractivity contribution in [2.45, 2.75) is 26.2 Å². The maximum Gasteiger partial charge on any atom is 0.242 e. The van der Waals surface area contributed by atoms with Gasteiger partial charge in [0.15, 0.2) is 0 Å². The first-order valence-corrected chi connectivity index (χ1v) is 9.59. The molecule has 0 saturated carbocycles. The van der Waals surface area contributed by atoms with Gasteiger partial charge in [-0.05, 0) is 44.0 Å². The minimum absolute atomic E-state index is 0.0222. The van der Waals surface area contributed by atoms with Gasteiger partial charge < -0.3 is 10.2 Å². The van der Waals surface area contributed by atoms with E-state index in [1.54, 1.807) is 26.5 Å². The summed E-state index contributed by atoms with van der Waals surface area (Å²) in [6.07, 6.45) is 6.48. The molecule has 1 aliphatic rings. The van der Waals surface area contributed by atoms with Gasteiger partial charge in [0, 0.05) is 38.3 Å². The van der Waals surface area contributed by atoms with Crippen molar-refractivity contribution in [3.63, 3.8) is 0 Å². The van der Waals surface area contributed by atoms with Crippen LogP contribution in [0.2, 0.25) is 0 Å². The lowest BCUT2D eigenvalue weighted by Gasteiger charge is -2.19. The summed E-state index contributed by atoms with van der Waals surface area (Å²) >= 11 is 0. The van der Waals surface area contributed by atoms with E-state index in [1.165, 1.54) is 22.1 Å². The molecule has 2 amide bonds. The van der Waals surface area contributed by atoms with Crippen LogP contribution in [0.5, 0.6) is 0 Å². The van der Waals surface area contributed by atoms with Crippen molar-refractivity contribution < 1.29 is 9.59 Å². The Kier molecular flexibility index (Phi) is 5.69. The Bertz CT molecular complexity index is 1020. The molecule has 8 heteroatoms. The van der Waals surface area contributed by atoms with E-state index >= 15 is 0 Å². The number of hydrogen-bond acceptors (Lipinski definition) is 6. The highest BCUT2D eigenvalue weighted by Gasteiger charge is 2.45. The van der Waals surface area contributed by atoms with Crippen LogP contribution in [0.1, 0.15) is 25.2 Å². The normalized spacial score (nSPS) is 14.7. The van der Waals surface area contributed by atoms with E-state index in [1.807, 2.05) is 39.0 Å². The van der Waals surface area contributed by atoms with E-state index in [0.29, 0.717) is 11.5 Å². The molecule has 0 saturated heterocycles. The first-order valence-electron chi connectivity index (χ1n) is 9.59. The molecule has 0 unspecified atom stereocenters. The average Bonchev–Trinajstić information content (AvgIpc) is 2.90. The maximum absolute atomic E-state index is 13.1. The Balaban J connectivity index is 1.89. The number of benzene rings is 1. The molecule has 0 radical (unpaired) electrons. The largest absolute Gasteiger partial charge is 0.382 e. The monoisotopic (exact) mass is 406 g/mol. The molecule has 1 aromatic carbocycles. The zero-order valence-electron chi connectivity index (χ0n) is 17.9. The van der Waals surface area contributed by atoms with E-state index in [-0.39, 0.29) is 24.2 Å². The highest BCUT2D eigenvalue weighted by atomic mass is 16.2. The van der Waals surface area contributed by atoms with Crippen molar-refractivity contribution in [2.24, 2.45) is 0 Å². The third kappa shape index (κ3) is 3.94. The van der Waals surface area contributed by atoms with Gasteiger partial charge >= 0.3 is 0 Å². The molecule has 0 fully saturated rings. The molecule has 156 valence electrons. The molecular weight excluding hydrogens is 380 g/mol. The summed E-state index contributed by atoms with van der Waals surface area (Å²) in [6.45, 7) is 5.65. The average molecular weight is 406 g/mol. The van der Waals surface area contributed by atoms with Gasteiger partial charge in [-0.25, -0.2) is 9.97 Å². The zero-order chi connectivity index (χ0) is 22.1. The van der Waals surface area contributed by atoms with E-state index in [0.717, 1.165) is 16.7 Å². The fraction of sp³-hybridized carbons (Fsp3) is 0.318. The first kappa shape index (κ1) is 21.2. The Morgan fingerprint density at radius 1 is 1.23 bits per heavy atom. The molecule has 30 heavy (non-hydrogen) atoms. The molecule has 1 aromatic heterocycles. The SMILES string of the molecule is Cc1ncc(-c2ccc3c(c2)N(C(=N)/C=C\NCC(=O)N(C)C)C(=O)C3(C)C)cn1. The van der Waals surface area contributed by atoms with Gasteiger partial charge in [-0.1, -0.05) is 12.1 Å². The Labute approximate surface area is 176 Å². The predicted octanol–water partition coefficient (Wildman–Crippen LogP) is 2.24. The van der Waals surface area contributed by atoms with Crippen LogP contribution in [0.3, 0.4) is 0 Å². The van der Waals surface area contributed by atoms with Crippen molar-refractivity contribution in [2.75, 3.05) is 25.5 Å². The molecule has 8 nitrogen and oxygen atoms in total. The zero-order valence-corrected chi connectivity index (χ0v) is 17.9. The van der Waals surface area contributed by atoms with Gasteiger partial charge in [-0.3, -0.25) is 19.9 Å². The molecule has 2 heterocycles.